The average molecular weight is 650 g/mol. The second-order valence-electron chi connectivity index (χ2n) is 12.1. The molecule has 2 heterocycles. The van der Waals surface area contributed by atoms with Gasteiger partial charge in [0.05, 0.1) is 35.0 Å². The van der Waals surface area contributed by atoms with Crippen LogP contribution in [-0.2, 0) is 19.2 Å². The molecule has 1 N–H and O–H groups in total. The summed E-state index contributed by atoms with van der Waals surface area (Å²) in [4.78, 5) is 58.7. The average Bonchev–Trinajstić information content (AvgIpc) is 3.39. The van der Waals surface area contributed by atoms with Gasteiger partial charge in [-0.15, -0.1) is 0 Å². The van der Waals surface area contributed by atoms with Gasteiger partial charge in [-0.05, 0) is 85.7 Å². The van der Waals surface area contributed by atoms with Crippen molar-refractivity contribution in [3.05, 3.63) is 98.0 Å². The third-order valence-corrected chi connectivity index (χ3v) is 10.9. The molecule has 4 aliphatic rings. The Morgan fingerprint density at radius 1 is 0.659 bits per heavy atom. The van der Waals surface area contributed by atoms with Crippen molar-refractivity contribution in [2.24, 2.45) is 29.6 Å². The minimum absolute atomic E-state index is 0.0333. The molecular formula is C34H27Cl3N2O5. The number of hydrogen-bond acceptors (Lipinski definition) is 5. The van der Waals surface area contributed by atoms with Crippen molar-refractivity contribution < 1.29 is 24.3 Å². The monoisotopic (exact) mass is 648 g/mol. The predicted molar refractivity (Wildman–Crippen MR) is 168 cm³/mol. The number of carbonyl (C=O) groups is 4. The Bertz CT molecular complexity index is 1840. The maximum Gasteiger partial charge on any atom is 0.238 e. The predicted octanol–water partition coefficient (Wildman–Crippen LogP) is 7.01. The molecule has 3 aromatic rings. The van der Waals surface area contributed by atoms with E-state index in [9.17, 15) is 24.3 Å². The summed E-state index contributed by atoms with van der Waals surface area (Å²) in [5.74, 6) is -5.42. The molecule has 0 radical (unpaired) electrons. The summed E-state index contributed by atoms with van der Waals surface area (Å²) in [6.45, 7) is 3.68. The third kappa shape index (κ3) is 4.24. The highest BCUT2D eigenvalue weighted by Gasteiger charge is 2.62. The SMILES string of the molecule is Cc1ccc(N2C(=O)C3CC=C4C(CC5C(=O)N(c6ccc(C)c(Cl)c6)C(=O)C5C4c4ccc(O)cc4Cl)C3C2=O)cc1Cl. The first-order valence-electron chi connectivity index (χ1n) is 14.4. The van der Waals surface area contributed by atoms with Gasteiger partial charge in [-0.1, -0.05) is 64.7 Å². The smallest absolute Gasteiger partial charge is 0.238 e. The van der Waals surface area contributed by atoms with Crippen LogP contribution in [0.1, 0.15) is 35.4 Å². The minimum atomic E-state index is -0.789. The number of phenolic OH excluding ortho intramolecular Hbond substituents is 1. The van der Waals surface area contributed by atoms with Crippen LogP contribution in [-0.4, -0.2) is 28.7 Å². The van der Waals surface area contributed by atoms with Crippen LogP contribution in [0.25, 0.3) is 0 Å². The van der Waals surface area contributed by atoms with Gasteiger partial charge < -0.3 is 5.11 Å². The molecular weight excluding hydrogens is 623 g/mol. The van der Waals surface area contributed by atoms with Crippen LogP contribution >= 0.6 is 34.8 Å². The van der Waals surface area contributed by atoms with Gasteiger partial charge in [0, 0.05) is 21.0 Å². The number of benzene rings is 3. The van der Waals surface area contributed by atoms with E-state index >= 15 is 0 Å². The fraction of sp³-hybridized carbons (Fsp3) is 0.294. The largest absolute Gasteiger partial charge is 0.508 e. The van der Waals surface area contributed by atoms with Gasteiger partial charge in [0.25, 0.3) is 0 Å². The number of allylic oxidation sites excluding steroid dienone is 2. The molecule has 1 saturated carbocycles. The van der Waals surface area contributed by atoms with Crippen LogP contribution in [0.3, 0.4) is 0 Å². The van der Waals surface area contributed by atoms with Gasteiger partial charge >= 0.3 is 0 Å². The van der Waals surface area contributed by atoms with Gasteiger partial charge in [-0.3, -0.25) is 19.2 Å². The number of nitrogens with zero attached hydrogens (tertiary/aromatic N) is 2. The van der Waals surface area contributed by atoms with E-state index in [4.69, 9.17) is 34.8 Å². The zero-order valence-corrected chi connectivity index (χ0v) is 26.0. The fourth-order valence-corrected chi connectivity index (χ4v) is 8.30. The minimum Gasteiger partial charge on any atom is -0.508 e. The molecule has 0 spiro atoms. The lowest BCUT2D eigenvalue weighted by Gasteiger charge is -2.44. The first-order valence-corrected chi connectivity index (χ1v) is 15.6. The van der Waals surface area contributed by atoms with Crippen LogP contribution in [0, 0.1) is 43.4 Å². The third-order valence-electron chi connectivity index (χ3n) is 9.79. The number of amides is 4. The van der Waals surface area contributed by atoms with Crippen molar-refractivity contribution in [3.8, 4) is 5.75 Å². The van der Waals surface area contributed by atoms with Crippen LogP contribution in [0.15, 0.2) is 66.2 Å². The van der Waals surface area contributed by atoms with E-state index in [1.165, 1.54) is 21.9 Å². The molecule has 10 heteroatoms. The summed E-state index contributed by atoms with van der Waals surface area (Å²) in [5, 5.41) is 11.2. The zero-order valence-electron chi connectivity index (χ0n) is 23.8. The second-order valence-corrected chi connectivity index (χ2v) is 13.3. The molecule has 3 fully saturated rings. The van der Waals surface area contributed by atoms with Crippen LogP contribution in [0.4, 0.5) is 11.4 Å². The number of anilines is 2. The van der Waals surface area contributed by atoms with E-state index in [1.54, 1.807) is 42.5 Å². The highest BCUT2D eigenvalue weighted by molar-refractivity contribution is 6.33. The summed E-state index contributed by atoms with van der Waals surface area (Å²) >= 11 is 19.5. The Labute approximate surface area is 269 Å². The number of hydrogen-bond donors (Lipinski definition) is 1. The van der Waals surface area contributed by atoms with Crippen molar-refractivity contribution >= 4 is 69.8 Å². The molecule has 2 saturated heterocycles. The van der Waals surface area contributed by atoms with Gasteiger partial charge in [-0.25, -0.2) is 9.80 Å². The number of aryl methyl sites for hydroxylation is 2. The number of phenols is 1. The summed E-state index contributed by atoms with van der Waals surface area (Å²) < 4.78 is 0. The highest BCUT2D eigenvalue weighted by Crippen LogP contribution is 2.59. The first-order chi connectivity index (χ1) is 21.0. The van der Waals surface area contributed by atoms with Crippen molar-refractivity contribution in [2.75, 3.05) is 9.80 Å². The molecule has 6 unspecified atom stereocenters. The van der Waals surface area contributed by atoms with E-state index < -0.39 is 35.5 Å². The molecule has 3 aromatic carbocycles. The zero-order chi connectivity index (χ0) is 31.2. The Hall–Kier alpha value is -3.65. The second kappa shape index (κ2) is 10.5. The lowest BCUT2D eigenvalue weighted by molar-refractivity contribution is -0.126. The van der Waals surface area contributed by atoms with E-state index in [1.807, 2.05) is 19.9 Å². The molecule has 7 rings (SSSR count). The molecule has 0 aromatic heterocycles. The summed E-state index contributed by atoms with van der Waals surface area (Å²) in [6.07, 6.45) is 2.49. The lowest BCUT2D eigenvalue weighted by Crippen LogP contribution is -2.43. The van der Waals surface area contributed by atoms with E-state index in [0.29, 0.717) is 33.4 Å². The number of halogens is 3. The Kier molecular flexibility index (Phi) is 6.92. The summed E-state index contributed by atoms with van der Waals surface area (Å²) in [5.41, 5.74) is 3.82. The molecule has 2 aliphatic carbocycles. The number of rotatable bonds is 3. The quantitative estimate of drug-likeness (QED) is 0.243. The molecule has 6 atom stereocenters. The summed E-state index contributed by atoms with van der Waals surface area (Å²) in [6, 6.07) is 14.7. The van der Waals surface area contributed by atoms with Gasteiger partial charge in [0.2, 0.25) is 23.6 Å². The maximum absolute atomic E-state index is 14.2. The fourth-order valence-electron chi connectivity index (χ4n) is 7.66. The Morgan fingerprint density at radius 2 is 1.23 bits per heavy atom. The van der Waals surface area contributed by atoms with E-state index in [-0.39, 0.29) is 40.8 Å². The lowest BCUT2D eigenvalue weighted by atomic mass is 9.57. The van der Waals surface area contributed by atoms with Crippen molar-refractivity contribution in [2.45, 2.75) is 32.6 Å². The van der Waals surface area contributed by atoms with Gasteiger partial charge in [0.1, 0.15) is 5.75 Å². The number of fused-ring (bicyclic) bond motifs is 4. The summed E-state index contributed by atoms with van der Waals surface area (Å²) in [7, 11) is 0. The van der Waals surface area contributed by atoms with Crippen LogP contribution < -0.4 is 9.80 Å². The van der Waals surface area contributed by atoms with Crippen molar-refractivity contribution in [3.63, 3.8) is 0 Å². The van der Waals surface area contributed by atoms with Crippen LogP contribution in [0.5, 0.6) is 5.75 Å². The van der Waals surface area contributed by atoms with Gasteiger partial charge in [-0.2, -0.15) is 0 Å². The van der Waals surface area contributed by atoms with Gasteiger partial charge in [0.15, 0.2) is 0 Å². The standard InChI is InChI=1S/C34H27Cl3N2O5/c1-15-3-5-17(11-25(15)35)38-31(41)22-10-9-20-23(29(22)33(38)43)14-24-30(28(20)21-8-7-19(40)13-27(21)37)34(44)39(32(24)42)18-6-4-16(2)26(36)12-18/h3-9,11-13,22-24,28-30,40H,10,14H2,1-2H3. The number of aromatic hydroxyl groups is 1. The van der Waals surface area contributed by atoms with Crippen molar-refractivity contribution in [1.29, 1.82) is 0 Å². The molecule has 44 heavy (non-hydrogen) atoms. The Morgan fingerprint density at radius 3 is 1.80 bits per heavy atom. The van der Waals surface area contributed by atoms with Crippen molar-refractivity contribution in [1.82, 2.24) is 0 Å². The highest BCUT2D eigenvalue weighted by atomic mass is 35.5. The Balaban J connectivity index is 1.34. The van der Waals surface area contributed by atoms with Crippen LogP contribution in [0.2, 0.25) is 15.1 Å². The molecule has 0 bridgehead atoms. The number of imide groups is 2. The molecule has 2 aliphatic heterocycles. The molecule has 224 valence electrons. The number of carbonyl (C=O) groups excluding carboxylic acids is 4. The normalized spacial score (nSPS) is 27.8. The molecule has 7 nitrogen and oxygen atoms in total. The van der Waals surface area contributed by atoms with E-state index in [0.717, 1.165) is 16.7 Å². The topological polar surface area (TPSA) is 95.0 Å². The van der Waals surface area contributed by atoms with E-state index in [2.05, 4.69) is 0 Å². The first kappa shape index (κ1) is 29.1. The maximum atomic E-state index is 14.2. The molecule has 4 amide bonds.